The smallest absolute Gasteiger partial charge is 0.251 e. The van der Waals surface area contributed by atoms with Crippen molar-refractivity contribution in [1.29, 1.82) is 0 Å². The summed E-state index contributed by atoms with van der Waals surface area (Å²) in [6, 6.07) is 19.5. The summed E-state index contributed by atoms with van der Waals surface area (Å²) in [4.78, 5) is 11.9. The van der Waals surface area contributed by atoms with Gasteiger partial charge in [-0.3, -0.25) is 4.79 Å². The highest BCUT2D eigenvalue weighted by Gasteiger charge is 2.08. The molecular weight excluding hydrogens is 222 g/mol. The van der Waals surface area contributed by atoms with Crippen LogP contribution in [-0.4, -0.2) is 12.5 Å². The largest absolute Gasteiger partial charge is 0.351 e. The van der Waals surface area contributed by atoms with Gasteiger partial charge in [0.1, 0.15) is 0 Å². The minimum absolute atomic E-state index is 0.0154. The minimum Gasteiger partial charge on any atom is -0.351 e. The summed E-state index contributed by atoms with van der Waals surface area (Å²) in [6.07, 6.45) is 0. The molecule has 2 aromatic carbocycles. The molecule has 92 valence electrons. The first-order valence-electron chi connectivity index (χ1n) is 6.15. The van der Waals surface area contributed by atoms with Crippen LogP contribution in [0.3, 0.4) is 0 Å². The lowest BCUT2D eigenvalue weighted by molar-refractivity contribution is 0.0951. The Hall–Kier alpha value is -2.09. The highest BCUT2D eigenvalue weighted by Crippen LogP contribution is 2.13. The predicted octanol–water partition coefficient (Wildman–Crippen LogP) is 3.22. The Labute approximate surface area is 108 Å². The van der Waals surface area contributed by atoms with E-state index in [0.29, 0.717) is 18.0 Å². The van der Waals surface area contributed by atoms with Crippen LogP contribution in [0.15, 0.2) is 60.7 Å². The Bertz CT molecular complexity index is 493. The van der Waals surface area contributed by atoms with E-state index >= 15 is 0 Å². The molecule has 2 nitrogen and oxygen atoms in total. The molecule has 2 heteroatoms. The van der Waals surface area contributed by atoms with E-state index in [1.165, 1.54) is 5.56 Å². The zero-order chi connectivity index (χ0) is 12.8. The molecule has 2 rings (SSSR count). The molecule has 18 heavy (non-hydrogen) atoms. The van der Waals surface area contributed by atoms with Gasteiger partial charge in [0.05, 0.1) is 0 Å². The van der Waals surface area contributed by atoms with E-state index in [9.17, 15) is 4.79 Å². The van der Waals surface area contributed by atoms with Crippen LogP contribution in [-0.2, 0) is 0 Å². The molecule has 1 N–H and O–H groups in total. The highest BCUT2D eigenvalue weighted by atomic mass is 16.1. The van der Waals surface area contributed by atoms with E-state index in [1.54, 1.807) is 0 Å². The fourth-order valence-corrected chi connectivity index (χ4v) is 1.84. The van der Waals surface area contributed by atoms with E-state index in [4.69, 9.17) is 0 Å². The molecule has 0 fully saturated rings. The van der Waals surface area contributed by atoms with Crippen molar-refractivity contribution in [2.75, 3.05) is 6.54 Å². The number of nitrogens with one attached hydrogen (secondary N) is 1. The lowest BCUT2D eigenvalue weighted by Crippen LogP contribution is -2.27. The quantitative estimate of drug-likeness (QED) is 0.872. The van der Waals surface area contributed by atoms with Crippen molar-refractivity contribution in [3.05, 3.63) is 71.8 Å². The molecular formula is C16H17NO. The van der Waals surface area contributed by atoms with Crippen molar-refractivity contribution in [1.82, 2.24) is 5.32 Å². The standard InChI is InChI=1S/C16H17NO/c1-13(14-8-4-2-5-9-14)12-17-16(18)15-10-6-3-7-11-15/h2-11,13H,12H2,1H3,(H,17,18)/t13-/m1/s1. The summed E-state index contributed by atoms with van der Waals surface area (Å²) in [6.45, 7) is 2.76. The average Bonchev–Trinajstić information content (AvgIpc) is 2.46. The van der Waals surface area contributed by atoms with Gasteiger partial charge >= 0.3 is 0 Å². The van der Waals surface area contributed by atoms with Gasteiger partial charge in [-0.05, 0) is 23.6 Å². The van der Waals surface area contributed by atoms with Gasteiger partial charge in [-0.15, -0.1) is 0 Å². The van der Waals surface area contributed by atoms with E-state index in [-0.39, 0.29) is 5.91 Å². The van der Waals surface area contributed by atoms with Gasteiger partial charge in [-0.25, -0.2) is 0 Å². The van der Waals surface area contributed by atoms with Crippen LogP contribution in [0.25, 0.3) is 0 Å². The van der Waals surface area contributed by atoms with Crippen LogP contribution in [0, 0.1) is 0 Å². The first-order valence-corrected chi connectivity index (χ1v) is 6.15. The summed E-state index contributed by atoms with van der Waals surface area (Å²) < 4.78 is 0. The summed E-state index contributed by atoms with van der Waals surface area (Å²) >= 11 is 0. The maximum atomic E-state index is 11.9. The monoisotopic (exact) mass is 239 g/mol. The number of amides is 1. The van der Waals surface area contributed by atoms with Gasteiger partial charge in [0.15, 0.2) is 0 Å². The van der Waals surface area contributed by atoms with E-state index in [1.807, 2.05) is 48.5 Å². The fourth-order valence-electron chi connectivity index (χ4n) is 1.84. The van der Waals surface area contributed by atoms with Crippen LogP contribution in [0.2, 0.25) is 0 Å². The maximum Gasteiger partial charge on any atom is 0.251 e. The molecule has 0 aliphatic carbocycles. The van der Waals surface area contributed by atoms with Gasteiger partial charge in [0.25, 0.3) is 5.91 Å². The Morgan fingerprint density at radius 3 is 2.17 bits per heavy atom. The summed E-state index contributed by atoms with van der Waals surface area (Å²) in [5.41, 5.74) is 1.95. The number of hydrogen-bond donors (Lipinski definition) is 1. The van der Waals surface area contributed by atoms with Crippen LogP contribution < -0.4 is 5.32 Å². The number of hydrogen-bond acceptors (Lipinski definition) is 1. The van der Waals surface area contributed by atoms with Crippen LogP contribution in [0.5, 0.6) is 0 Å². The third kappa shape index (κ3) is 3.20. The number of carbonyl (C=O) groups is 1. The molecule has 0 aromatic heterocycles. The average molecular weight is 239 g/mol. The van der Waals surface area contributed by atoms with Gasteiger partial charge in [-0.1, -0.05) is 55.5 Å². The van der Waals surface area contributed by atoms with Gasteiger partial charge in [-0.2, -0.15) is 0 Å². The number of benzene rings is 2. The van der Waals surface area contributed by atoms with Crippen molar-refractivity contribution in [3.8, 4) is 0 Å². The summed E-state index contributed by atoms with van der Waals surface area (Å²) in [5.74, 6) is 0.303. The van der Waals surface area contributed by atoms with Crippen LogP contribution in [0.4, 0.5) is 0 Å². The Kier molecular flexibility index (Phi) is 4.13. The maximum absolute atomic E-state index is 11.9. The normalized spacial score (nSPS) is 11.8. The molecule has 0 saturated carbocycles. The third-order valence-corrected chi connectivity index (χ3v) is 2.97. The Morgan fingerprint density at radius 2 is 1.56 bits per heavy atom. The molecule has 0 unspecified atom stereocenters. The van der Waals surface area contributed by atoms with Gasteiger partial charge < -0.3 is 5.32 Å². The molecule has 2 aromatic rings. The van der Waals surface area contributed by atoms with Crippen LogP contribution in [0.1, 0.15) is 28.8 Å². The molecule has 0 aliphatic rings. The molecule has 0 spiro atoms. The fraction of sp³-hybridized carbons (Fsp3) is 0.188. The Balaban J connectivity index is 1.91. The first kappa shape index (κ1) is 12.4. The molecule has 0 heterocycles. The topological polar surface area (TPSA) is 29.1 Å². The molecule has 0 aliphatic heterocycles. The van der Waals surface area contributed by atoms with Crippen molar-refractivity contribution >= 4 is 5.91 Å². The summed E-state index contributed by atoms with van der Waals surface area (Å²) in [7, 11) is 0. The van der Waals surface area contributed by atoms with E-state index in [2.05, 4.69) is 24.4 Å². The van der Waals surface area contributed by atoms with Gasteiger partial charge in [0, 0.05) is 12.1 Å². The first-order chi connectivity index (χ1) is 8.77. The van der Waals surface area contributed by atoms with E-state index in [0.717, 1.165) is 0 Å². The molecule has 0 radical (unpaired) electrons. The van der Waals surface area contributed by atoms with Gasteiger partial charge in [0.2, 0.25) is 0 Å². The number of carbonyl (C=O) groups excluding carboxylic acids is 1. The second-order valence-electron chi connectivity index (χ2n) is 4.39. The molecule has 0 saturated heterocycles. The van der Waals surface area contributed by atoms with Crippen molar-refractivity contribution in [2.24, 2.45) is 0 Å². The predicted molar refractivity (Wildman–Crippen MR) is 73.6 cm³/mol. The zero-order valence-electron chi connectivity index (χ0n) is 10.5. The van der Waals surface area contributed by atoms with Crippen LogP contribution >= 0.6 is 0 Å². The summed E-state index contributed by atoms with van der Waals surface area (Å²) in [5, 5.41) is 2.96. The SMILES string of the molecule is C[C@H](CNC(=O)c1ccccc1)c1ccccc1. The second-order valence-corrected chi connectivity index (χ2v) is 4.39. The van der Waals surface area contributed by atoms with Crippen molar-refractivity contribution < 1.29 is 4.79 Å². The lowest BCUT2D eigenvalue weighted by atomic mass is 10.0. The Morgan fingerprint density at radius 1 is 1.00 bits per heavy atom. The zero-order valence-corrected chi connectivity index (χ0v) is 10.5. The van der Waals surface area contributed by atoms with Crippen molar-refractivity contribution in [3.63, 3.8) is 0 Å². The number of rotatable bonds is 4. The van der Waals surface area contributed by atoms with Crippen molar-refractivity contribution in [2.45, 2.75) is 12.8 Å². The molecule has 1 amide bonds. The highest BCUT2D eigenvalue weighted by molar-refractivity contribution is 5.94. The minimum atomic E-state index is -0.0154. The second kappa shape index (κ2) is 6.01. The molecule has 0 bridgehead atoms. The third-order valence-electron chi connectivity index (χ3n) is 2.97. The van der Waals surface area contributed by atoms with E-state index < -0.39 is 0 Å². The lowest BCUT2D eigenvalue weighted by Gasteiger charge is -2.13. The molecule has 1 atom stereocenters.